The zero-order chi connectivity index (χ0) is 13.3. The third-order valence-electron chi connectivity index (χ3n) is 2.52. The van der Waals surface area contributed by atoms with E-state index in [1.165, 1.54) is 11.3 Å². The molecule has 1 aromatic heterocycles. The highest BCUT2D eigenvalue weighted by atomic mass is 32.1. The van der Waals surface area contributed by atoms with E-state index in [0.29, 0.717) is 19.4 Å². The van der Waals surface area contributed by atoms with Crippen LogP contribution in [0.3, 0.4) is 0 Å². The lowest BCUT2D eigenvalue weighted by Crippen LogP contribution is -2.05. The lowest BCUT2D eigenvalue weighted by Gasteiger charge is -2.00. The predicted octanol–water partition coefficient (Wildman–Crippen LogP) is 3.33. The van der Waals surface area contributed by atoms with Gasteiger partial charge in [0, 0.05) is 11.8 Å². The maximum atomic E-state index is 11.5. The van der Waals surface area contributed by atoms with Gasteiger partial charge in [-0.25, -0.2) is 4.98 Å². The fourth-order valence-corrected chi connectivity index (χ4v) is 2.15. The summed E-state index contributed by atoms with van der Waals surface area (Å²) in [5.74, 6) is -0.189. The van der Waals surface area contributed by atoms with E-state index in [9.17, 15) is 4.79 Å². The molecule has 0 amide bonds. The Bertz CT molecular complexity index is 520. The summed E-state index contributed by atoms with van der Waals surface area (Å²) < 4.78 is 5.11. The van der Waals surface area contributed by atoms with Crippen molar-refractivity contribution < 1.29 is 9.53 Å². The van der Waals surface area contributed by atoms with Crippen molar-refractivity contribution in [2.75, 3.05) is 6.61 Å². The van der Waals surface area contributed by atoms with E-state index < -0.39 is 0 Å². The number of hydrogen-bond donors (Lipinski definition) is 0. The molecule has 3 nitrogen and oxygen atoms in total. The van der Waals surface area contributed by atoms with Gasteiger partial charge in [0.2, 0.25) is 0 Å². The van der Waals surface area contributed by atoms with E-state index in [-0.39, 0.29) is 5.97 Å². The second kappa shape index (κ2) is 7.48. The molecule has 2 rings (SSSR count). The van der Waals surface area contributed by atoms with Crippen LogP contribution in [0.15, 0.2) is 47.3 Å². The molecule has 0 spiro atoms. The van der Waals surface area contributed by atoms with Crippen LogP contribution in [0.5, 0.6) is 0 Å². The van der Waals surface area contributed by atoms with Gasteiger partial charge in [0.05, 0.1) is 17.6 Å². The summed E-state index contributed by atoms with van der Waals surface area (Å²) in [6, 6.07) is 9.91. The molecule has 98 valence electrons. The van der Waals surface area contributed by atoms with Crippen LogP contribution in [-0.2, 0) is 16.0 Å². The molecule has 0 radical (unpaired) electrons. The Morgan fingerprint density at radius 3 is 2.89 bits per heavy atom. The quantitative estimate of drug-likeness (QED) is 0.758. The third kappa shape index (κ3) is 5.06. The van der Waals surface area contributed by atoms with E-state index in [1.54, 1.807) is 5.51 Å². The standard InChI is InChI=1S/C15H15NO2S/c17-15(9-8-14-11-19-12-16-14)18-10-4-7-13-5-2-1-3-6-13/h1-7,11-12H,8-10H2/b7-4+. The maximum Gasteiger partial charge on any atom is 0.306 e. The molecule has 0 saturated heterocycles. The number of carbonyl (C=O) groups is 1. The number of carbonyl (C=O) groups excluding carboxylic acids is 1. The van der Waals surface area contributed by atoms with E-state index in [1.807, 2.05) is 47.9 Å². The summed E-state index contributed by atoms with van der Waals surface area (Å²) >= 11 is 1.54. The average molecular weight is 273 g/mol. The lowest BCUT2D eigenvalue weighted by atomic mass is 10.2. The molecule has 0 fully saturated rings. The number of rotatable bonds is 6. The minimum absolute atomic E-state index is 0.189. The van der Waals surface area contributed by atoms with Crippen molar-refractivity contribution in [2.45, 2.75) is 12.8 Å². The van der Waals surface area contributed by atoms with Gasteiger partial charge in [-0.05, 0) is 11.6 Å². The molecule has 4 heteroatoms. The predicted molar refractivity (Wildman–Crippen MR) is 76.9 cm³/mol. The normalized spacial score (nSPS) is 10.7. The Kier molecular flexibility index (Phi) is 5.31. The monoisotopic (exact) mass is 273 g/mol. The van der Waals surface area contributed by atoms with Gasteiger partial charge in [0.1, 0.15) is 6.61 Å². The van der Waals surface area contributed by atoms with Crippen LogP contribution in [0.4, 0.5) is 0 Å². The van der Waals surface area contributed by atoms with Gasteiger partial charge in [-0.2, -0.15) is 0 Å². The molecule has 1 heterocycles. The van der Waals surface area contributed by atoms with Gasteiger partial charge in [0.15, 0.2) is 0 Å². The highest BCUT2D eigenvalue weighted by Crippen LogP contribution is 2.05. The molecule has 2 aromatic rings. The molecule has 0 aliphatic carbocycles. The van der Waals surface area contributed by atoms with Gasteiger partial charge < -0.3 is 4.74 Å². The first kappa shape index (κ1) is 13.5. The number of aryl methyl sites for hydroxylation is 1. The molecule has 0 N–H and O–H groups in total. The first-order valence-electron chi connectivity index (χ1n) is 6.09. The van der Waals surface area contributed by atoms with Crippen LogP contribution in [0.25, 0.3) is 6.08 Å². The van der Waals surface area contributed by atoms with Gasteiger partial charge in [-0.15, -0.1) is 11.3 Å². The van der Waals surface area contributed by atoms with E-state index in [0.717, 1.165) is 11.3 Å². The first-order valence-corrected chi connectivity index (χ1v) is 7.03. The average Bonchev–Trinajstić information content (AvgIpc) is 2.96. The number of hydrogen-bond acceptors (Lipinski definition) is 4. The summed E-state index contributed by atoms with van der Waals surface area (Å²) in [6.07, 6.45) is 4.80. The summed E-state index contributed by atoms with van der Waals surface area (Å²) in [5, 5.41) is 1.95. The van der Waals surface area contributed by atoms with Crippen molar-refractivity contribution in [3.8, 4) is 0 Å². The highest BCUT2D eigenvalue weighted by molar-refractivity contribution is 7.07. The topological polar surface area (TPSA) is 39.2 Å². The SMILES string of the molecule is O=C(CCc1cscn1)OC/C=C/c1ccccc1. The van der Waals surface area contributed by atoms with Crippen LogP contribution < -0.4 is 0 Å². The number of benzene rings is 1. The van der Waals surface area contributed by atoms with Gasteiger partial charge in [-0.3, -0.25) is 4.79 Å². The summed E-state index contributed by atoms with van der Waals surface area (Å²) in [5.41, 5.74) is 3.81. The van der Waals surface area contributed by atoms with Crippen molar-refractivity contribution in [3.05, 3.63) is 58.6 Å². The number of ether oxygens (including phenoxy) is 1. The number of thiazole rings is 1. The fraction of sp³-hybridized carbons (Fsp3) is 0.200. The number of aromatic nitrogens is 1. The summed E-state index contributed by atoms with van der Waals surface area (Å²) in [7, 11) is 0. The van der Waals surface area contributed by atoms with Crippen molar-refractivity contribution in [3.63, 3.8) is 0 Å². The van der Waals surface area contributed by atoms with Crippen LogP contribution in [-0.4, -0.2) is 17.6 Å². The molecule has 0 atom stereocenters. The minimum Gasteiger partial charge on any atom is -0.461 e. The molecule has 19 heavy (non-hydrogen) atoms. The smallest absolute Gasteiger partial charge is 0.306 e. The molecular weight excluding hydrogens is 258 g/mol. The second-order valence-corrected chi connectivity index (χ2v) is 4.69. The van der Waals surface area contributed by atoms with Crippen molar-refractivity contribution >= 4 is 23.4 Å². The highest BCUT2D eigenvalue weighted by Gasteiger charge is 2.03. The van der Waals surface area contributed by atoms with E-state index in [4.69, 9.17) is 4.74 Å². The Morgan fingerprint density at radius 1 is 1.32 bits per heavy atom. The Balaban J connectivity index is 1.65. The maximum absolute atomic E-state index is 11.5. The minimum atomic E-state index is -0.189. The van der Waals surface area contributed by atoms with Crippen molar-refractivity contribution in [1.29, 1.82) is 0 Å². The first-order chi connectivity index (χ1) is 9.34. The Hall–Kier alpha value is -1.94. The molecule has 0 aliphatic heterocycles. The number of esters is 1. The Labute approximate surface area is 116 Å². The molecule has 0 bridgehead atoms. The Morgan fingerprint density at radius 2 is 2.16 bits per heavy atom. The lowest BCUT2D eigenvalue weighted by molar-refractivity contribution is -0.142. The van der Waals surface area contributed by atoms with Gasteiger partial charge in [0.25, 0.3) is 0 Å². The van der Waals surface area contributed by atoms with Crippen LogP contribution in [0.2, 0.25) is 0 Å². The number of nitrogens with zero attached hydrogens (tertiary/aromatic N) is 1. The van der Waals surface area contributed by atoms with Gasteiger partial charge >= 0.3 is 5.97 Å². The molecule has 0 unspecified atom stereocenters. The fourth-order valence-electron chi connectivity index (χ4n) is 1.55. The van der Waals surface area contributed by atoms with Crippen LogP contribution in [0.1, 0.15) is 17.7 Å². The van der Waals surface area contributed by atoms with E-state index >= 15 is 0 Å². The van der Waals surface area contributed by atoms with Crippen LogP contribution in [0, 0.1) is 0 Å². The van der Waals surface area contributed by atoms with Crippen LogP contribution >= 0.6 is 11.3 Å². The molecule has 0 aliphatic rings. The van der Waals surface area contributed by atoms with Crippen molar-refractivity contribution in [1.82, 2.24) is 4.98 Å². The van der Waals surface area contributed by atoms with Gasteiger partial charge in [-0.1, -0.05) is 36.4 Å². The molecule has 0 saturated carbocycles. The zero-order valence-electron chi connectivity index (χ0n) is 10.5. The molecular formula is C15H15NO2S. The zero-order valence-corrected chi connectivity index (χ0v) is 11.3. The largest absolute Gasteiger partial charge is 0.461 e. The second-order valence-electron chi connectivity index (χ2n) is 3.98. The van der Waals surface area contributed by atoms with E-state index in [2.05, 4.69) is 4.98 Å². The molecule has 1 aromatic carbocycles. The van der Waals surface area contributed by atoms with Crippen molar-refractivity contribution in [2.24, 2.45) is 0 Å². The summed E-state index contributed by atoms with van der Waals surface area (Å²) in [4.78, 5) is 15.6. The third-order valence-corrected chi connectivity index (χ3v) is 3.15. The summed E-state index contributed by atoms with van der Waals surface area (Å²) in [6.45, 7) is 0.310.